The van der Waals surface area contributed by atoms with Crippen LogP contribution in [0.3, 0.4) is 0 Å². The average Bonchev–Trinajstić information content (AvgIpc) is 3.43. The molecule has 0 spiro atoms. The zero-order chi connectivity index (χ0) is 21.3. The van der Waals surface area contributed by atoms with E-state index in [0.29, 0.717) is 24.6 Å². The van der Waals surface area contributed by atoms with E-state index in [-0.39, 0.29) is 18.4 Å². The second-order valence-electron chi connectivity index (χ2n) is 6.97. The van der Waals surface area contributed by atoms with E-state index < -0.39 is 0 Å². The fraction of sp³-hybridized carbons (Fsp3) is 0.429. The normalized spacial score (nSPS) is 11.8. The summed E-state index contributed by atoms with van der Waals surface area (Å²) in [5, 5.41) is 15.3. The summed E-state index contributed by atoms with van der Waals surface area (Å²) in [5.74, 6) is 2.30. The number of hydrogen-bond donors (Lipinski definition) is 1. The van der Waals surface area contributed by atoms with Gasteiger partial charge in [0.25, 0.3) is 0 Å². The highest BCUT2D eigenvalue weighted by molar-refractivity contribution is 5.76. The lowest BCUT2D eigenvalue weighted by molar-refractivity contribution is -0.121. The van der Waals surface area contributed by atoms with Crippen molar-refractivity contribution in [2.45, 2.75) is 45.2 Å². The highest BCUT2D eigenvalue weighted by Gasteiger charge is 2.14. The number of nitrogens with zero attached hydrogens (tertiary/aromatic N) is 4. The third kappa shape index (κ3) is 6.07. The number of hydrogen-bond acceptors (Lipinski definition) is 7. The number of ether oxygens (including phenoxy) is 2. The summed E-state index contributed by atoms with van der Waals surface area (Å²) in [5.41, 5.74) is 0.885. The molecule has 0 saturated carbocycles. The lowest BCUT2D eigenvalue weighted by Crippen LogP contribution is -2.33. The van der Waals surface area contributed by atoms with Crippen LogP contribution < -0.4 is 14.8 Å². The van der Waals surface area contributed by atoms with Crippen LogP contribution in [-0.2, 0) is 24.2 Å². The molecule has 0 aliphatic heterocycles. The Hall–Kier alpha value is -3.36. The van der Waals surface area contributed by atoms with Gasteiger partial charge in [-0.15, -0.1) is 10.2 Å². The smallest absolute Gasteiger partial charge is 0.221 e. The lowest BCUT2D eigenvalue weighted by atomic mass is 10.1. The number of amides is 1. The molecule has 160 valence electrons. The standard InChI is InChI=1S/C21H27N5O4/c1-15(9-12-26-11-4-10-22-26)23-19(27)7-8-20-24-25-21(30-20)14-16-13-17(28-2)5-6-18(16)29-3/h4-6,10-11,13,15H,7-9,12,14H2,1-3H3,(H,23,27)/t15-/m0/s1. The van der Waals surface area contributed by atoms with Crippen molar-refractivity contribution in [3.63, 3.8) is 0 Å². The van der Waals surface area contributed by atoms with Crippen LogP contribution in [0, 0.1) is 0 Å². The predicted molar refractivity (Wildman–Crippen MR) is 109 cm³/mol. The second-order valence-corrected chi connectivity index (χ2v) is 6.97. The number of carbonyl (C=O) groups is 1. The Bertz CT molecular complexity index is 939. The van der Waals surface area contributed by atoms with Crippen molar-refractivity contribution in [2.75, 3.05) is 14.2 Å². The number of carbonyl (C=O) groups excluding carboxylic acids is 1. The Balaban J connectivity index is 1.46. The zero-order valence-electron chi connectivity index (χ0n) is 17.5. The van der Waals surface area contributed by atoms with Crippen LogP contribution in [-0.4, -0.2) is 46.1 Å². The Morgan fingerprint density at radius 1 is 1.23 bits per heavy atom. The molecule has 3 aromatic rings. The van der Waals surface area contributed by atoms with Gasteiger partial charge in [0.05, 0.1) is 20.6 Å². The first-order valence-corrected chi connectivity index (χ1v) is 9.86. The Morgan fingerprint density at radius 3 is 2.80 bits per heavy atom. The van der Waals surface area contributed by atoms with Gasteiger partial charge in [0.1, 0.15) is 11.5 Å². The molecule has 1 aromatic carbocycles. The molecule has 0 aliphatic carbocycles. The number of methoxy groups -OCH3 is 2. The minimum absolute atomic E-state index is 0.0443. The molecule has 0 saturated heterocycles. The van der Waals surface area contributed by atoms with Gasteiger partial charge in [0, 0.05) is 43.4 Å². The fourth-order valence-electron chi connectivity index (χ4n) is 3.04. The highest BCUT2D eigenvalue weighted by atomic mass is 16.5. The van der Waals surface area contributed by atoms with E-state index in [2.05, 4.69) is 20.6 Å². The Labute approximate surface area is 175 Å². The van der Waals surface area contributed by atoms with Gasteiger partial charge in [-0.05, 0) is 37.6 Å². The van der Waals surface area contributed by atoms with Crippen LogP contribution >= 0.6 is 0 Å². The van der Waals surface area contributed by atoms with E-state index in [0.717, 1.165) is 30.0 Å². The summed E-state index contributed by atoms with van der Waals surface area (Å²) in [6, 6.07) is 7.48. The third-order valence-electron chi connectivity index (χ3n) is 4.66. The molecule has 1 N–H and O–H groups in total. The third-order valence-corrected chi connectivity index (χ3v) is 4.66. The average molecular weight is 413 g/mol. The first-order valence-electron chi connectivity index (χ1n) is 9.86. The topological polar surface area (TPSA) is 104 Å². The van der Waals surface area contributed by atoms with Gasteiger partial charge in [-0.3, -0.25) is 9.48 Å². The molecule has 2 heterocycles. The van der Waals surface area contributed by atoms with Crippen molar-refractivity contribution < 1.29 is 18.7 Å². The van der Waals surface area contributed by atoms with Crippen molar-refractivity contribution in [1.82, 2.24) is 25.3 Å². The molecule has 0 bridgehead atoms. The monoisotopic (exact) mass is 413 g/mol. The van der Waals surface area contributed by atoms with Crippen LogP contribution in [0.2, 0.25) is 0 Å². The molecule has 1 amide bonds. The van der Waals surface area contributed by atoms with Gasteiger partial charge in [-0.25, -0.2) is 0 Å². The molecule has 0 aliphatic rings. The Kier molecular flexibility index (Phi) is 7.42. The quantitative estimate of drug-likeness (QED) is 0.515. The Morgan fingerprint density at radius 2 is 2.07 bits per heavy atom. The molecule has 9 nitrogen and oxygen atoms in total. The molecule has 30 heavy (non-hydrogen) atoms. The molecule has 3 rings (SSSR count). The number of aromatic nitrogens is 4. The molecule has 2 aromatic heterocycles. The fourth-order valence-corrected chi connectivity index (χ4v) is 3.04. The van der Waals surface area contributed by atoms with E-state index in [1.165, 1.54) is 0 Å². The summed E-state index contributed by atoms with van der Waals surface area (Å²) in [7, 11) is 3.22. The van der Waals surface area contributed by atoms with Crippen molar-refractivity contribution in [1.29, 1.82) is 0 Å². The first kappa shape index (κ1) is 21.4. The predicted octanol–water partition coefficient (Wildman–Crippen LogP) is 2.40. The molecular formula is C21H27N5O4. The van der Waals surface area contributed by atoms with E-state index in [1.54, 1.807) is 20.4 Å². The minimum Gasteiger partial charge on any atom is -0.497 e. The summed E-state index contributed by atoms with van der Waals surface area (Å²) in [6.07, 6.45) is 5.55. The highest BCUT2D eigenvalue weighted by Crippen LogP contribution is 2.26. The van der Waals surface area contributed by atoms with Crippen LogP contribution in [0.25, 0.3) is 0 Å². The first-order chi connectivity index (χ1) is 14.6. The van der Waals surface area contributed by atoms with Crippen molar-refractivity contribution >= 4 is 5.91 Å². The van der Waals surface area contributed by atoms with Crippen LogP contribution in [0.4, 0.5) is 0 Å². The van der Waals surface area contributed by atoms with Gasteiger partial charge in [0.15, 0.2) is 0 Å². The zero-order valence-corrected chi connectivity index (χ0v) is 17.5. The SMILES string of the molecule is COc1ccc(OC)c(Cc2nnc(CCC(=O)N[C@@H](C)CCn3cccn3)o2)c1. The van der Waals surface area contributed by atoms with Gasteiger partial charge in [-0.2, -0.15) is 5.10 Å². The molecular weight excluding hydrogens is 386 g/mol. The van der Waals surface area contributed by atoms with Gasteiger partial charge in [-0.1, -0.05) is 0 Å². The molecule has 1 atom stereocenters. The van der Waals surface area contributed by atoms with Crippen LogP contribution in [0.1, 0.15) is 37.1 Å². The number of aryl methyl sites for hydroxylation is 2. The summed E-state index contributed by atoms with van der Waals surface area (Å²) < 4.78 is 18.2. The van der Waals surface area contributed by atoms with Crippen LogP contribution in [0.5, 0.6) is 11.5 Å². The van der Waals surface area contributed by atoms with E-state index in [4.69, 9.17) is 13.9 Å². The van der Waals surface area contributed by atoms with Gasteiger partial charge >= 0.3 is 0 Å². The number of nitrogens with one attached hydrogen (secondary N) is 1. The molecule has 0 unspecified atom stereocenters. The maximum Gasteiger partial charge on any atom is 0.221 e. The summed E-state index contributed by atoms with van der Waals surface area (Å²) in [4.78, 5) is 12.2. The molecule has 9 heteroatoms. The van der Waals surface area contributed by atoms with Gasteiger partial charge in [0.2, 0.25) is 17.7 Å². The van der Waals surface area contributed by atoms with Crippen molar-refractivity contribution in [2.24, 2.45) is 0 Å². The van der Waals surface area contributed by atoms with Crippen molar-refractivity contribution in [3.05, 3.63) is 54.0 Å². The van der Waals surface area contributed by atoms with E-state index in [1.807, 2.05) is 42.1 Å². The number of benzene rings is 1. The maximum absolute atomic E-state index is 12.2. The molecule has 0 fully saturated rings. The van der Waals surface area contributed by atoms with E-state index >= 15 is 0 Å². The largest absolute Gasteiger partial charge is 0.497 e. The van der Waals surface area contributed by atoms with Crippen LogP contribution in [0.15, 0.2) is 41.1 Å². The van der Waals surface area contributed by atoms with E-state index in [9.17, 15) is 4.79 Å². The van der Waals surface area contributed by atoms with Gasteiger partial charge < -0.3 is 19.2 Å². The maximum atomic E-state index is 12.2. The van der Waals surface area contributed by atoms with Crippen molar-refractivity contribution in [3.8, 4) is 11.5 Å². The minimum atomic E-state index is -0.0443. The number of rotatable bonds is 11. The second kappa shape index (κ2) is 10.4. The molecule has 0 radical (unpaired) electrons. The summed E-state index contributed by atoms with van der Waals surface area (Å²) in [6.45, 7) is 2.74. The lowest BCUT2D eigenvalue weighted by Gasteiger charge is -2.13. The summed E-state index contributed by atoms with van der Waals surface area (Å²) >= 11 is 0.